The van der Waals surface area contributed by atoms with E-state index < -0.39 is 27.2 Å². The number of carbonyl (C=O) groups is 2. The lowest BCUT2D eigenvalue weighted by atomic mass is 10.1. The molecule has 0 atom stereocenters. The summed E-state index contributed by atoms with van der Waals surface area (Å²) >= 11 is 0. The molecule has 0 unspecified atom stereocenters. The van der Waals surface area contributed by atoms with E-state index >= 15 is 0 Å². The fraction of sp³-hybridized carbons (Fsp3) is 0.467. The van der Waals surface area contributed by atoms with Crippen LogP contribution in [0.4, 0.5) is 0 Å². The Bertz CT molecular complexity index is 597. The van der Waals surface area contributed by atoms with Gasteiger partial charge in [0.1, 0.15) is 11.4 Å². The molecular weight excluding hydrogens is 292 g/mol. The zero-order valence-electron chi connectivity index (χ0n) is 12.5. The molecule has 0 aliphatic rings. The fourth-order valence-electron chi connectivity index (χ4n) is 1.64. The van der Waals surface area contributed by atoms with E-state index in [2.05, 4.69) is 0 Å². The van der Waals surface area contributed by atoms with Gasteiger partial charge < -0.3 is 4.74 Å². The van der Waals surface area contributed by atoms with Crippen LogP contribution in [-0.2, 0) is 19.4 Å². The lowest BCUT2D eigenvalue weighted by molar-refractivity contribution is -0.151. The summed E-state index contributed by atoms with van der Waals surface area (Å²) in [4.78, 5) is 23.3. The summed E-state index contributed by atoms with van der Waals surface area (Å²) in [6.07, 6.45) is -0.144. The minimum Gasteiger partial charge on any atom is -0.459 e. The molecule has 0 heterocycles. The van der Waals surface area contributed by atoms with E-state index in [9.17, 15) is 18.0 Å². The molecule has 0 aromatic heterocycles. The van der Waals surface area contributed by atoms with Crippen molar-refractivity contribution >= 4 is 21.6 Å². The molecule has 0 fully saturated rings. The van der Waals surface area contributed by atoms with Gasteiger partial charge in [-0.3, -0.25) is 9.59 Å². The number of benzene rings is 1. The van der Waals surface area contributed by atoms with Crippen LogP contribution in [0.5, 0.6) is 0 Å². The Balaban J connectivity index is 2.54. The van der Waals surface area contributed by atoms with Crippen LogP contribution in [-0.4, -0.2) is 37.3 Å². The van der Waals surface area contributed by atoms with Crippen LogP contribution in [0, 0.1) is 0 Å². The third kappa shape index (κ3) is 7.04. The van der Waals surface area contributed by atoms with Crippen LogP contribution in [0.25, 0.3) is 0 Å². The molecule has 1 aromatic rings. The maximum absolute atomic E-state index is 11.8. The van der Waals surface area contributed by atoms with Gasteiger partial charge in [-0.15, -0.1) is 0 Å². The van der Waals surface area contributed by atoms with Crippen molar-refractivity contribution in [1.29, 1.82) is 0 Å². The molecule has 1 aromatic carbocycles. The average Bonchev–Trinajstić information content (AvgIpc) is 2.34. The van der Waals surface area contributed by atoms with Gasteiger partial charge in [0.2, 0.25) is 0 Å². The van der Waals surface area contributed by atoms with Crippen molar-refractivity contribution in [2.75, 3.05) is 11.5 Å². The molecule has 0 amide bonds. The monoisotopic (exact) mass is 312 g/mol. The van der Waals surface area contributed by atoms with Gasteiger partial charge >= 0.3 is 5.97 Å². The van der Waals surface area contributed by atoms with Gasteiger partial charge in [-0.2, -0.15) is 0 Å². The standard InChI is InChI=1S/C15H20O5S/c1-15(2,3)20-14(17)11-21(18,19)10-9-13(16)12-7-5-4-6-8-12/h4-8H,9-11H2,1-3H3. The maximum Gasteiger partial charge on any atom is 0.321 e. The second-order valence-electron chi connectivity index (χ2n) is 5.72. The smallest absolute Gasteiger partial charge is 0.321 e. The Morgan fingerprint density at radius 3 is 2.19 bits per heavy atom. The number of ether oxygens (including phenoxy) is 1. The first kappa shape index (κ1) is 17.4. The van der Waals surface area contributed by atoms with E-state index in [1.54, 1.807) is 51.1 Å². The minimum absolute atomic E-state index is 0.144. The molecular formula is C15H20O5S. The summed E-state index contributed by atoms with van der Waals surface area (Å²) < 4.78 is 28.6. The van der Waals surface area contributed by atoms with Gasteiger partial charge in [0, 0.05) is 12.0 Å². The number of sulfone groups is 1. The first-order valence-electron chi connectivity index (χ1n) is 6.59. The molecule has 21 heavy (non-hydrogen) atoms. The van der Waals surface area contributed by atoms with Crippen molar-refractivity contribution in [2.24, 2.45) is 0 Å². The highest BCUT2D eigenvalue weighted by Crippen LogP contribution is 2.09. The summed E-state index contributed by atoms with van der Waals surface area (Å²) in [6.45, 7) is 4.99. The van der Waals surface area contributed by atoms with Crippen molar-refractivity contribution < 1.29 is 22.7 Å². The van der Waals surface area contributed by atoms with Gasteiger partial charge in [0.25, 0.3) is 0 Å². The minimum atomic E-state index is -3.65. The molecule has 0 radical (unpaired) electrons. The van der Waals surface area contributed by atoms with Gasteiger partial charge in [0.05, 0.1) is 5.75 Å². The number of hydrogen-bond acceptors (Lipinski definition) is 5. The second-order valence-corrected chi connectivity index (χ2v) is 7.90. The predicted octanol–water partition coefficient (Wildman–Crippen LogP) is 2.02. The Labute approximate surface area is 125 Å². The van der Waals surface area contributed by atoms with Crippen LogP contribution in [0.3, 0.4) is 0 Å². The van der Waals surface area contributed by atoms with Crippen LogP contribution >= 0.6 is 0 Å². The van der Waals surface area contributed by atoms with E-state index in [0.717, 1.165) is 0 Å². The number of ketones is 1. The Morgan fingerprint density at radius 2 is 1.67 bits per heavy atom. The van der Waals surface area contributed by atoms with E-state index in [1.165, 1.54) is 0 Å². The molecule has 6 heteroatoms. The lowest BCUT2D eigenvalue weighted by Gasteiger charge is -2.19. The third-order valence-corrected chi connectivity index (χ3v) is 4.00. The van der Waals surface area contributed by atoms with Crippen LogP contribution in [0.1, 0.15) is 37.6 Å². The van der Waals surface area contributed by atoms with Gasteiger partial charge in [-0.1, -0.05) is 30.3 Å². The molecule has 0 aliphatic heterocycles. The topological polar surface area (TPSA) is 77.5 Å². The van der Waals surface area contributed by atoms with Crippen molar-refractivity contribution in [3.05, 3.63) is 35.9 Å². The molecule has 0 spiro atoms. The third-order valence-electron chi connectivity index (χ3n) is 2.49. The Hall–Kier alpha value is -1.69. The second kappa shape index (κ2) is 6.85. The highest BCUT2D eigenvalue weighted by molar-refractivity contribution is 7.92. The van der Waals surface area contributed by atoms with E-state index in [4.69, 9.17) is 4.74 Å². The van der Waals surface area contributed by atoms with E-state index in [-0.39, 0.29) is 18.0 Å². The van der Waals surface area contributed by atoms with Crippen LogP contribution < -0.4 is 0 Å². The summed E-state index contributed by atoms with van der Waals surface area (Å²) in [5, 5.41) is 0. The summed E-state index contributed by atoms with van der Waals surface area (Å²) in [5.74, 6) is -2.12. The number of Topliss-reactive ketones (excluding diaryl/α,β-unsaturated/α-hetero) is 1. The zero-order chi connectivity index (χ0) is 16.1. The fourth-order valence-corrected chi connectivity index (χ4v) is 2.70. The zero-order valence-corrected chi connectivity index (χ0v) is 13.3. The van der Waals surface area contributed by atoms with Crippen molar-refractivity contribution in [2.45, 2.75) is 32.8 Å². The molecule has 0 N–H and O–H groups in total. The molecule has 5 nitrogen and oxygen atoms in total. The van der Waals surface area contributed by atoms with Crippen molar-refractivity contribution in [1.82, 2.24) is 0 Å². The normalized spacial score (nSPS) is 12.0. The van der Waals surface area contributed by atoms with Crippen molar-refractivity contribution in [3.8, 4) is 0 Å². The first-order chi connectivity index (χ1) is 9.59. The SMILES string of the molecule is CC(C)(C)OC(=O)CS(=O)(=O)CCC(=O)c1ccccc1. The van der Waals surface area contributed by atoms with Crippen LogP contribution in [0.15, 0.2) is 30.3 Å². The number of carbonyl (C=O) groups excluding carboxylic acids is 2. The van der Waals surface area contributed by atoms with Gasteiger partial charge in [-0.25, -0.2) is 8.42 Å². The predicted molar refractivity (Wildman–Crippen MR) is 79.9 cm³/mol. The van der Waals surface area contributed by atoms with E-state index in [1.807, 2.05) is 0 Å². The first-order valence-corrected chi connectivity index (χ1v) is 8.42. The largest absolute Gasteiger partial charge is 0.459 e. The van der Waals surface area contributed by atoms with Gasteiger partial charge in [0.15, 0.2) is 15.6 Å². The van der Waals surface area contributed by atoms with Crippen molar-refractivity contribution in [3.63, 3.8) is 0 Å². The number of rotatable bonds is 6. The molecule has 0 bridgehead atoms. The quantitative estimate of drug-likeness (QED) is 0.593. The highest BCUT2D eigenvalue weighted by atomic mass is 32.2. The number of hydrogen-bond donors (Lipinski definition) is 0. The molecule has 0 aliphatic carbocycles. The van der Waals surface area contributed by atoms with Gasteiger partial charge in [-0.05, 0) is 20.8 Å². The molecule has 1 rings (SSSR count). The average molecular weight is 312 g/mol. The molecule has 116 valence electrons. The van der Waals surface area contributed by atoms with Crippen LogP contribution in [0.2, 0.25) is 0 Å². The molecule has 0 saturated carbocycles. The Morgan fingerprint density at radius 1 is 1.10 bits per heavy atom. The summed E-state index contributed by atoms with van der Waals surface area (Å²) in [5.41, 5.74) is -0.267. The summed E-state index contributed by atoms with van der Waals surface area (Å²) in [7, 11) is -3.65. The van der Waals surface area contributed by atoms with E-state index in [0.29, 0.717) is 5.56 Å². The molecule has 0 saturated heterocycles. The summed E-state index contributed by atoms with van der Waals surface area (Å²) in [6, 6.07) is 8.45. The highest BCUT2D eigenvalue weighted by Gasteiger charge is 2.23. The maximum atomic E-state index is 11.8. The Kier molecular flexibility index (Phi) is 5.66. The number of esters is 1. The lowest BCUT2D eigenvalue weighted by Crippen LogP contribution is -2.29.